The summed E-state index contributed by atoms with van der Waals surface area (Å²) in [6.07, 6.45) is 6.49. The predicted octanol–water partition coefficient (Wildman–Crippen LogP) is 3.02. The third-order valence-electron chi connectivity index (χ3n) is 4.58. The molecule has 1 amide bonds. The van der Waals surface area contributed by atoms with Crippen LogP contribution in [-0.2, 0) is 4.79 Å². The Morgan fingerprint density at radius 3 is 2.77 bits per heavy atom. The number of carbonyl (C=O) groups is 1. The number of hydrogen-bond acceptors (Lipinski definition) is 3. The van der Waals surface area contributed by atoms with Crippen molar-refractivity contribution >= 4 is 11.6 Å². The van der Waals surface area contributed by atoms with Gasteiger partial charge in [-0.3, -0.25) is 4.79 Å². The fourth-order valence-corrected chi connectivity index (χ4v) is 3.18. The lowest BCUT2D eigenvalue weighted by atomic mass is 9.94. The molecule has 1 aromatic rings. The summed E-state index contributed by atoms with van der Waals surface area (Å²) in [5, 5.41) is 13.0. The van der Waals surface area contributed by atoms with Gasteiger partial charge in [-0.25, -0.2) is 0 Å². The second-order valence-corrected chi connectivity index (χ2v) is 6.29. The minimum Gasteiger partial charge on any atom is -0.388 e. The lowest BCUT2D eigenvalue weighted by molar-refractivity contribution is -0.119. The molecule has 0 aliphatic heterocycles. The molecule has 0 heterocycles. The fraction of sp³-hybridized carbons (Fsp3) is 0.611. The number of nitrogens with one attached hydrogen (secondary N) is 1. The first-order valence-electron chi connectivity index (χ1n) is 8.33. The number of hydrogen-bond donors (Lipinski definition) is 2. The largest absolute Gasteiger partial charge is 0.388 e. The van der Waals surface area contributed by atoms with Crippen LogP contribution in [0.1, 0.15) is 57.1 Å². The number of aliphatic hydroxyl groups is 1. The summed E-state index contributed by atoms with van der Waals surface area (Å²) in [4.78, 5) is 13.2. The van der Waals surface area contributed by atoms with Gasteiger partial charge >= 0.3 is 0 Å². The van der Waals surface area contributed by atoms with E-state index in [-0.39, 0.29) is 5.91 Å². The van der Waals surface area contributed by atoms with Gasteiger partial charge in [0.15, 0.2) is 0 Å². The first-order valence-corrected chi connectivity index (χ1v) is 8.33. The van der Waals surface area contributed by atoms with Crippen molar-refractivity contribution in [1.82, 2.24) is 5.32 Å². The molecule has 1 aliphatic rings. The van der Waals surface area contributed by atoms with Gasteiger partial charge in [0.05, 0.1) is 6.10 Å². The molecule has 0 aromatic heterocycles. The van der Waals surface area contributed by atoms with E-state index in [0.29, 0.717) is 19.0 Å². The summed E-state index contributed by atoms with van der Waals surface area (Å²) in [5.41, 5.74) is 2.09. The molecule has 1 fully saturated rings. The Hall–Kier alpha value is -1.55. The zero-order valence-corrected chi connectivity index (χ0v) is 13.7. The van der Waals surface area contributed by atoms with Crippen LogP contribution in [0, 0.1) is 0 Å². The SMILES string of the molecule is CC(=O)NCCC(O)c1cccc(N(C)C2CCCCC2)c1. The highest BCUT2D eigenvalue weighted by Crippen LogP contribution is 2.28. The van der Waals surface area contributed by atoms with Crippen LogP contribution in [0.2, 0.25) is 0 Å². The van der Waals surface area contributed by atoms with Crippen molar-refractivity contribution in [2.75, 3.05) is 18.5 Å². The van der Waals surface area contributed by atoms with Crippen molar-refractivity contribution < 1.29 is 9.90 Å². The van der Waals surface area contributed by atoms with E-state index in [0.717, 1.165) is 5.56 Å². The van der Waals surface area contributed by atoms with Crippen molar-refractivity contribution in [2.24, 2.45) is 0 Å². The lowest BCUT2D eigenvalue weighted by Gasteiger charge is -2.33. The van der Waals surface area contributed by atoms with Gasteiger partial charge in [0, 0.05) is 32.2 Å². The van der Waals surface area contributed by atoms with Crippen LogP contribution < -0.4 is 10.2 Å². The molecule has 1 unspecified atom stereocenters. The summed E-state index contributed by atoms with van der Waals surface area (Å²) in [5.74, 6) is -0.0574. The summed E-state index contributed by atoms with van der Waals surface area (Å²) in [7, 11) is 2.15. The van der Waals surface area contributed by atoms with E-state index in [9.17, 15) is 9.90 Å². The summed E-state index contributed by atoms with van der Waals surface area (Å²) >= 11 is 0. The van der Waals surface area contributed by atoms with E-state index < -0.39 is 6.10 Å². The van der Waals surface area contributed by atoms with E-state index in [1.807, 2.05) is 12.1 Å². The fourth-order valence-electron chi connectivity index (χ4n) is 3.18. The Labute approximate surface area is 133 Å². The highest BCUT2D eigenvalue weighted by atomic mass is 16.3. The molecular formula is C18H28N2O2. The van der Waals surface area contributed by atoms with Crippen LogP contribution in [0.4, 0.5) is 5.69 Å². The number of amides is 1. The molecule has 0 bridgehead atoms. The number of nitrogens with zero attached hydrogens (tertiary/aromatic N) is 1. The van der Waals surface area contributed by atoms with Crippen molar-refractivity contribution in [3.63, 3.8) is 0 Å². The van der Waals surface area contributed by atoms with Gasteiger partial charge in [-0.05, 0) is 37.0 Å². The lowest BCUT2D eigenvalue weighted by Crippen LogP contribution is -2.33. The average Bonchev–Trinajstić information content (AvgIpc) is 2.54. The predicted molar refractivity (Wildman–Crippen MR) is 90.0 cm³/mol. The van der Waals surface area contributed by atoms with E-state index >= 15 is 0 Å². The molecule has 0 saturated heterocycles. The molecule has 1 atom stereocenters. The van der Waals surface area contributed by atoms with Crippen LogP contribution >= 0.6 is 0 Å². The number of aliphatic hydroxyl groups excluding tert-OH is 1. The quantitative estimate of drug-likeness (QED) is 0.849. The average molecular weight is 304 g/mol. The second kappa shape index (κ2) is 8.18. The van der Waals surface area contributed by atoms with E-state index in [4.69, 9.17) is 0 Å². The molecule has 4 heteroatoms. The van der Waals surface area contributed by atoms with Crippen molar-refractivity contribution in [1.29, 1.82) is 0 Å². The first kappa shape index (κ1) is 16.8. The van der Waals surface area contributed by atoms with Crippen LogP contribution in [0.5, 0.6) is 0 Å². The standard InChI is InChI=1S/C18H28N2O2/c1-14(21)19-12-11-18(22)15-7-6-10-17(13-15)20(2)16-8-4-3-5-9-16/h6-7,10,13,16,18,22H,3-5,8-9,11-12H2,1-2H3,(H,19,21). The smallest absolute Gasteiger partial charge is 0.216 e. The maximum atomic E-state index is 10.9. The Balaban J connectivity index is 1.97. The highest BCUT2D eigenvalue weighted by Gasteiger charge is 2.19. The minimum absolute atomic E-state index is 0.0574. The molecule has 0 radical (unpaired) electrons. The Bertz CT molecular complexity index is 484. The zero-order valence-electron chi connectivity index (χ0n) is 13.7. The molecule has 122 valence electrons. The maximum Gasteiger partial charge on any atom is 0.216 e. The van der Waals surface area contributed by atoms with Gasteiger partial charge in [-0.15, -0.1) is 0 Å². The van der Waals surface area contributed by atoms with E-state index in [1.54, 1.807) is 0 Å². The molecule has 1 aromatic carbocycles. The Morgan fingerprint density at radius 2 is 2.09 bits per heavy atom. The van der Waals surface area contributed by atoms with Crippen LogP contribution in [0.15, 0.2) is 24.3 Å². The normalized spacial score (nSPS) is 17.0. The van der Waals surface area contributed by atoms with Gasteiger partial charge in [0.1, 0.15) is 0 Å². The minimum atomic E-state index is -0.536. The van der Waals surface area contributed by atoms with Gasteiger partial charge in [-0.1, -0.05) is 31.4 Å². The highest BCUT2D eigenvalue weighted by molar-refractivity contribution is 5.72. The number of carbonyl (C=O) groups excluding carboxylic acids is 1. The van der Waals surface area contributed by atoms with Gasteiger partial charge < -0.3 is 15.3 Å². The van der Waals surface area contributed by atoms with Crippen molar-refractivity contribution in [3.05, 3.63) is 29.8 Å². The maximum absolute atomic E-state index is 10.9. The molecule has 4 nitrogen and oxygen atoms in total. The van der Waals surface area contributed by atoms with Gasteiger partial charge in [-0.2, -0.15) is 0 Å². The summed E-state index contributed by atoms with van der Waals surface area (Å²) in [6, 6.07) is 8.76. The van der Waals surface area contributed by atoms with Crippen LogP contribution in [-0.4, -0.2) is 30.6 Å². The zero-order chi connectivity index (χ0) is 15.9. The number of anilines is 1. The third kappa shape index (κ3) is 4.73. The molecule has 1 aliphatic carbocycles. The molecule has 1 saturated carbocycles. The van der Waals surface area contributed by atoms with Crippen LogP contribution in [0.3, 0.4) is 0 Å². The first-order chi connectivity index (χ1) is 10.6. The Morgan fingerprint density at radius 1 is 1.36 bits per heavy atom. The topological polar surface area (TPSA) is 52.6 Å². The second-order valence-electron chi connectivity index (χ2n) is 6.29. The van der Waals surface area contributed by atoms with E-state index in [1.165, 1.54) is 44.7 Å². The molecule has 2 N–H and O–H groups in total. The van der Waals surface area contributed by atoms with Crippen molar-refractivity contribution in [3.8, 4) is 0 Å². The molecular weight excluding hydrogens is 276 g/mol. The van der Waals surface area contributed by atoms with Crippen molar-refractivity contribution in [2.45, 2.75) is 57.6 Å². The third-order valence-corrected chi connectivity index (χ3v) is 4.58. The van der Waals surface area contributed by atoms with Gasteiger partial charge in [0.2, 0.25) is 5.91 Å². The van der Waals surface area contributed by atoms with E-state index in [2.05, 4.69) is 29.4 Å². The summed E-state index contributed by atoms with van der Waals surface area (Å²) < 4.78 is 0. The Kier molecular flexibility index (Phi) is 6.25. The monoisotopic (exact) mass is 304 g/mol. The summed E-state index contributed by atoms with van der Waals surface area (Å²) in [6.45, 7) is 1.99. The molecule has 2 rings (SSSR count). The van der Waals surface area contributed by atoms with Gasteiger partial charge in [0.25, 0.3) is 0 Å². The van der Waals surface area contributed by atoms with Crippen LogP contribution in [0.25, 0.3) is 0 Å². The number of rotatable bonds is 6. The molecule has 0 spiro atoms. The number of benzene rings is 1. The molecule has 22 heavy (non-hydrogen) atoms.